The quantitative estimate of drug-likeness (QED) is 0.774. The predicted octanol–water partition coefficient (Wildman–Crippen LogP) is 3.16. The molecule has 0 aliphatic carbocycles. The summed E-state index contributed by atoms with van der Waals surface area (Å²) in [6.07, 6.45) is 0. The van der Waals surface area contributed by atoms with Gasteiger partial charge in [0.05, 0.1) is 5.02 Å². The summed E-state index contributed by atoms with van der Waals surface area (Å²) in [7, 11) is 0. The normalized spacial score (nSPS) is 11.9. The molecule has 2 nitrogen and oxygen atoms in total. The molecule has 0 amide bonds. The van der Waals surface area contributed by atoms with Crippen LogP contribution in [0.4, 0.5) is 0 Å². The van der Waals surface area contributed by atoms with Gasteiger partial charge in [-0.05, 0) is 56.9 Å². The van der Waals surface area contributed by atoms with Crippen LogP contribution in [0.3, 0.4) is 0 Å². The van der Waals surface area contributed by atoms with Gasteiger partial charge in [-0.1, -0.05) is 11.6 Å². The lowest BCUT2D eigenvalue weighted by Gasteiger charge is -2.26. The van der Waals surface area contributed by atoms with Gasteiger partial charge in [0.2, 0.25) is 0 Å². The van der Waals surface area contributed by atoms with Crippen LogP contribution >= 0.6 is 11.6 Å². The molecule has 3 N–H and O–H groups in total. The van der Waals surface area contributed by atoms with Crippen LogP contribution in [0.15, 0.2) is 0 Å². The molecule has 0 atom stereocenters. The first-order valence-electron chi connectivity index (χ1n) is 4.95. The second-order valence-electron chi connectivity index (χ2n) is 4.63. The highest BCUT2D eigenvalue weighted by Gasteiger charge is 2.24. The Labute approximate surface area is 96.1 Å². The first-order chi connectivity index (χ1) is 6.68. The van der Waals surface area contributed by atoms with E-state index in [1.807, 2.05) is 34.6 Å². The highest BCUT2D eigenvalue weighted by atomic mass is 35.5. The lowest BCUT2D eigenvalue weighted by atomic mass is 9.85. The molecule has 0 aliphatic heterocycles. The molecule has 15 heavy (non-hydrogen) atoms. The van der Waals surface area contributed by atoms with Crippen molar-refractivity contribution in [1.82, 2.24) is 0 Å². The summed E-state index contributed by atoms with van der Waals surface area (Å²) >= 11 is 6.06. The molecule has 0 unspecified atom stereocenters. The summed E-state index contributed by atoms with van der Waals surface area (Å²) in [5.74, 6) is 0.166. The molecule has 0 spiro atoms. The van der Waals surface area contributed by atoms with Crippen molar-refractivity contribution in [2.75, 3.05) is 0 Å². The molecule has 1 rings (SSSR count). The minimum absolute atomic E-state index is 0.166. The summed E-state index contributed by atoms with van der Waals surface area (Å²) in [4.78, 5) is 0. The van der Waals surface area contributed by atoms with Crippen molar-refractivity contribution in [3.05, 3.63) is 27.3 Å². The van der Waals surface area contributed by atoms with Gasteiger partial charge in [-0.15, -0.1) is 0 Å². The Bertz CT molecular complexity index is 376. The topological polar surface area (TPSA) is 46.2 Å². The van der Waals surface area contributed by atoms with Gasteiger partial charge in [-0.25, -0.2) is 0 Å². The van der Waals surface area contributed by atoms with Crippen molar-refractivity contribution >= 4 is 11.6 Å². The molecule has 0 radical (unpaired) electrons. The lowest BCUT2D eigenvalue weighted by molar-refractivity contribution is 0.467. The van der Waals surface area contributed by atoms with Gasteiger partial charge in [0, 0.05) is 5.54 Å². The van der Waals surface area contributed by atoms with Gasteiger partial charge in [-0.3, -0.25) is 0 Å². The standard InChI is InChI=1S/C12H18ClNO/c1-6-7(2)11(15)10(13)8(3)9(6)12(4,5)14/h15H,14H2,1-5H3. The van der Waals surface area contributed by atoms with Crippen LogP contribution in [0.5, 0.6) is 5.75 Å². The van der Waals surface area contributed by atoms with Gasteiger partial charge in [0.15, 0.2) is 0 Å². The molecular formula is C12H18ClNO. The number of phenolic OH excluding ortho intramolecular Hbond substituents is 1. The summed E-state index contributed by atoms with van der Waals surface area (Å²) in [6.45, 7) is 9.58. The Hall–Kier alpha value is -0.730. The van der Waals surface area contributed by atoms with Gasteiger partial charge < -0.3 is 10.8 Å². The number of aromatic hydroxyl groups is 1. The Morgan fingerprint density at radius 1 is 1.07 bits per heavy atom. The molecule has 0 saturated heterocycles. The first kappa shape index (κ1) is 12.3. The Morgan fingerprint density at radius 2 is 1.53 bits per heavy atom. The summed E-state index contributed by atoms with van der Waals surface area (Å²) < 4.78 is 0. The van der Waals surface area contributed by atoms with Crippen LogP contribution in [0.1, 0.15) is 36.1 Å². The van der Waals surface area contributed by atoms with Gasteiger partial charge in [0.1, 0.15) is 5.75 Å². The van der Waals surface area contributed by atoms with Crippen LogP contribution in [0.25, 0.3) is 0 Å². The van der Waals surface area contributed by atoms with Crippen molar-refractivity contribution in [1.29, 1.82) is 0 Å². The highest BCUT2D eigenvalue weighted by Crippen LogP contribution is 2.39. The van der Waals surface area contributed by atoms with E-state index < -0.39 is 5.54 Å². The average molecular weight is 228 g/mol. The van der Waals surface area contributed by atoms with Crippen LogP contribution in [0.2, 0.25) is 5.02 Å². The van der Waals surface area contributed by atoms with Crippen LogP contribution in [-0.4, -0.2) is 5.11 Å². The SMILES string of the molecule is Cc1c(C)c(C(C)(C)N)c(C)c(Cl)c1O. The van der Waals surface area contributed by atoms with E-state index in [2.05, 4.69) is 0 Å². The molecule has 3 heteroatoms. The summed E-state index contributed by atoms with van der Waals surface area (Å²) in [5.41, 5.74) is 9.36. The van der Waals surface area contributed by atoms with E-state index in [0.29, 0.717) is 5.02 Å². The molecule has 84 valence electrons. The zero-order valence-electron chi connectivity index (χ0n) is 9.90. The van der Waals surface area contributed by atoms with E-state index in [0.717, 1.165) is 22.3 Å². The largest absolute Gasteiger partial charge is 0.506 e. The molecular weight excluding hydrogens is 210 g/mol. The van der Waals surface area contributed by atoms with Crippen LogP contribution in [-0.2, 0) is 5.54 Å². The van der Waals surface area contributed by atoms with Crippen LogP contribution in [0, 0.1) is 20.8 Å². The molecule has 0 bridgehead atoms. The molecule has 1 aromatic rings. The Balaban J connectivity index is 3.68. The molecule has 0 aliphatic rings. The van der Waals surface area contributed by atoms with E-state index in [1.54, 1.807) is 0 Å². The minimum atomic E-state index is -0.448. The fraction of sp³-hybridized carbons (Fsp3) is 0.500. The maximum Gasteiger partial charge on any atom is 0.137 e. The number of phenols is 1. The second kappa shape index (κ2) is 3.69. The summed E-state index contributed by atoms with van der Waals surface area (Å²) in [6, 6.07) is 0. The number of hydrogen-bond acceptors (Lipinski definition) is 2. The zero-order chi connectivity index (χ0) is 12.0. The van der Waals surface area contributed by atoms with E-state index >= 15 is 0 Å². The number of benzene rings is 1. The van der Waals surface area contributed by atoms with E-state index in [4.69, 9.17) is 17.3 Å². The minimum Gasteiger partial charge on any atom is -0.506 e. The number of halogens is 1. The summed E-state index contributed by atoms with van der Waals surface area (Å²) in [5, 5.41) is 10.2. The monoisotopic (exact) mass is 227 g/mol. The van der Waals surface area contributed by atoms with E-state index in [1.165, 1.54) is 0 Å². The van der Waals surface area contributed by atoms with Gasteiger partial charge >= 0.3 is 0 Å². The maximum atomic E-state index is 9.79. The third-order valence-corrected chi connectivity index (χ3v) is 3.31. The molecule has 0 aromatic heterocycles. The number of nitrogens with two attached hydrogens (primary N) is 1. The van der Waals surface area contributed by atoms with Crippen molar-refractivity contribution in [2.24, 2.45) is 5.73 Å². The highest BCUT2D eigenvalue weighted by molar-refractivity contribution is 6.33. The van der Waals surface area contributed by atoms with Gasteiger partial charge in [0.25, 0.3) is 0 Å². The van der Waals surface area contributed by atoms with Crippen molar-refractivity contribution < 1.29 is 5.11 Å². The molecule has 1 aromatic carbocycles. The number of hydrogen-bond donors (Lipinski definition) is 2. The molecule has 0 fully saturated rings. The number of rotatable bonds is 1. The predicted molar refractivity (Wildman–Crippen MR) is 64.5 cm³/mol. The van der Waals surface area contributed by atoms with Gasteiger partial charge in [-0.2, -0.15) is 0 Å². The Kier molecular flexibility index (Phi) is 3.04. The third-order valence-electron chi connectivity index (χ3n) is 2.85. The van der Waals surface area contributed by atoms with E-state index in [9.17, 15) is 5.11 Å². The maximum absolute atomic E-state index is 9.79. The first-order valence-corrected chi connectivity index (χ1v) is 5.33. The van der Waals surface area contributed by atoms with Crippen molar-refractivity contribution in [2.45, 2.75) is 40.2 Å². The molecule has 0 heterocycles. The average Bonchev–Trinajstić information content (AvgIpc) is 2.09. The van der Waals surface area contributed by atoms with Crippen LogP contribution < -0.4 is 5.73 Å². The fourth-order valence-electron chi connectivity index (χ4n) is 2.06. The Morgan fingerprint density at radius 3 is 1.93 bits per heavy atom. The lowest BCUT2D eigenvalue weighted by Crippen LogP contribution is -2.31. The fourth-order valence-corrected chi connectivity index (χ4v) is 2.30. The van der Waals surface area contributed by atoms with Crippen molar-refractivity contribution in [3.63, 3.8) is 0 Å². The second-order valence-corrected chi connectivity index (χ2v) is 5.01. The third kappa shape index (κ3) is 1.97. The smallest absolute Gasteiger partial charge is 0.137 e. The van der Waals surface area contributed by atoms with Crippen molar-refractivity contribution in [3.8, 4) is 5.75 Å². The molecule has 0 saturated carbocycles. The van der Waals surface area contributed by atoms with E-state index in [-0.39, 0.29) is 5.75 Å². The zero-order valence-corrected chi connectivity index (χ0v) is 10.7.